The van der Waals surface area contributed by atoms with Crippen LogP contribution in [0.2, 0.25) is 0 Å². The van der Waals surface area contributed by atoms with E-state index in [9.17, 15) is 8.78 Å². The number of anilines is 2. The Balaban J connectivity index is 2.03. The Bertz CT molecular complexity index is 1100. The quantitative estimate of drug-likeness (QED) is 0.432. The van der Waals surface area contributed by atoms with Gasteiger partial charge in [0.15, 0.2) is 0 Å². The summed E-state index contributed by atoms with van der Waals surface area (Å²) >= 11 is 0. The molecule has 0 unspecified atom stereocenters. The van der Waals surface area contributed by atoms with Crippen LogP contribution < -0.4 is 20.9 Å². The molecule has 0 saturated heterocycles. The van der Waals surface area contributed by atoms with Crippen molar-refractivity contribution >= 4 is 11.8 Å². The predicted octanol–water partition coefficient (Wildman–Crippen LogP) is 4.24. The molecule has 182 valence electrons. The Morgan fingerprint density at radius 3 is 2.24 bits per heavy atom. The van der Waals surface area contributed by atoms with Crippen molar-refractivity contribution in [3.63, 3.8) is 0 Å². The fourth-order valence-electron chi connectivity index (χ4n) is 3.71. The Kier molecular flexibility index (Phi) is 8.59. The summed E-state index contributed by atoms with van der Waals surface area (Å²) in [5.74, 6) is 1.19. The smallest absolute Gasteiger partial charge is 0.221 e. The molecule has 0 radical (unpaired) electrons. The molecule has 0 bridgehead atoms. The summed E-state index contributed by atoms with van der Waals surface area (Å²) in [6.07, 6.45) is 2.04. The molecule has 0 amide bonds. The van der Waals surface area contributed by atoms with Gasteiger partial charge in [0.2, 0.25) is 5.95 Å². The maximum Gasteiger partial charge on any atom is 0.221 e. The van der Waals surface area contributed by atoms with Gasteiger partial charge in [-0.25, -0.2) is 13.8 Å². The summed E-state index contributed by atoms with van der Waals surface area (Å²) in [6.45, 7) is 4.69. The van der Waals surface area contributed by atoms with Gasteiger partial charge in [-0.3, -0.25) is 4.90 Å². The largest absolute Gasteiger partial charge is 0.493 e. The third kappa shape index (κ3) is 6.11. The van der Waals surface area contributed by atoms with Crippen molar-refractivity contribution in [2.75, 3.05) is 44.9 Å². The van der Waals surface area contributed by atoms with Crippen LogP contribution in [0.3, 0.4) is 0 Å². The van der Waals surface area contributed by atoms with E-state index in [0.29, 0.717) is 60.2 Å². The molecular formula is C25H31F2N5O2. The summed E-state index contributed by atoms with van der Waals surface area (Å²) in [5, 5.41) is 0. The average molecular weight is 472 g/mol. The van der Waals surface area contributed by atoms with E-state index in [4.69, 9.17) is 20.9 Å². The topological polar surface area (TPSA) is 99.5 Å². The van der Waals surface area contributed by atoms with Crippen molar-refractivity contribution in [1.82, 2.24) is 14.9 Å². The van der Waals surface area contributed by atoms with Crippen molar-refractivity contribution in [3.8, 4) is 22.6 Å². The van der Waals surface area contributed by atoms with Crippen LogP contribution in [0.4, 0.5) is 20.5 Å². The fourth-order valence-corrected chi connectivity index (χ4v) is 3.71. The van der Waals surface area contributed by atoms with Crippen molar-refractivity contribution < 1.29 is 18.3 Å². The van der Waals surface area contributed by atoms with Gasteiger partial charge in [0.1, 0.15) is 29.8 Å². The zero-order chi connectivity index (χ0) is 24.7. The molecule has 3 aromatic rings. The van der Waals surface area contributed by atoms with Gasteiger partial charge in [0.05, 0.1) is 18.8 Å². The van der Waals surface area contributed by atoms with Crippen LogP contribution >= 0.6 is 0 Å². The molecule has 4 N–H and O–H groups in total. The SMILES string of the molecule is CCOc1cc(Cc2cnc(N)nc2N)cc(OCC)c1-c1ccc(CN(C)CCF)c(F)c1. The molecule has 1 aromatic heterocycles. The zero-order valence-corrected chi connectivity index (χ0v) is 19.8. The average Bonchev–Trinajstić information content (AvgIpc) is 2.78. The van der Waals surface area contributed by atoms with E-state index in [2.05, 4.69) is 9.97 Å². The summed E-state index contributed by atoms with van der Waals surface area (Å²) in [4.78, 5) is 9.78. The van der Waals surface area contributed by atoms with Crippen LogP contribution in [0.5, 0.6) is 11.5 Å². The van der Waals surface area contributed by atoms with Crippen molar-refractivity contribution in [3.05, 3.63) is 59.0 Å². The van der Waals surface area contributed by atoms with Gasteiger partial charge in [0.25, 0.3) is 0 Å². The third-order valence-corrected chi connectivity index (χ3v) is 5.28. The Morgan fingerprint density at radius 1 is 1.00 bits per heavy atom. The lowest BCUT2D eigenvalue weighted by Crippen LogP contribution is -2.20. The first-order valence-corrected chi connectivity index (χ1v) is 11.2. The van der Waals surface area contributed by atoms with E-state index in [1.165, 1.54) is 6.07 Å². The van der Waals surface area contributed by atoms with E-state index in [1.54, 1.807) is 24.2 Å². The second-order valence-electron chi connectivity index (χ2n) is 7.88. The van der Waals surface area contributed by atoms with Gasteiger partial charge in [-0.15, -0.1) is 0 Å². The van der Waals surface area contributed by atoms with E-state index >= 15 is 0 Å². The van der Waals surface area contributed by atoms with Gasteiger partial charge >= 0.3 is 0 Å². The minimum absolute atomic E-state index is 0.114. The number of nitrogen functional groups attached to an aromatic ring is 2. The summed E-state index contributed by atoms with van der Waals surface area (Å²) in [5.41, 5.74) is 15.0. The molecule has 9 heteroatoms. The lowest BCUT2D eigenvalue weighted by atomic mass is 9.97. The number of hydrogen-bond donors (Lipinski definition) is 2. The van der Waals surface area contributed by atoms with Crippen LogP contribution in [0, 0.1) is 5.82 Å². The lowest BCUT2D eigenvalue weighted by molar-refractivity contribution is 0.285. The highest BCUT2D eigenvalue weighted by Crippen LogP contribution is 2.41. The molecule has 1 heterocycles. The van der Waals surface area contributed by atoms with Crippen LogP contribution in [-0.4, -0.2) is 48.3 Å². The first-order valence-electron chi connectivity index (χ1n) is 11.2. The van der Waals surface area contributed by atoms with E-state index < -0.39 is 6.67 Å². The number of halogens is 2. The number of benzene rings is 2. The summed E-state index contributed by atoms with van der Waals surface area (Å²) in [7, 11) is 1.75. The van der Waals surface area contributed by atoms with Gasteiger partial charge in [-0.2, -0.15) is 4.98 Å². The van der Waals surface area contributed by atoms with Crippen molar-refractivity contribution in [1.29, 1.82) is 0 Å². The van der Waals surface area contributed by atoms with Crippen molar-refractivity contribution in [2.24, 2.45) is 0 Å². The molecule has 34 heavy (non-hydrogen) atoms. The van der Waals surface area contributed by atoms with Gasteiger partial charge in [-0.1, -0.05) is 12.1 Å². The number of hydrogen-bond acceptors (Lipinski definition) is 7. The number of nitrogens with two attached hydrogens (primary N) is 2. The number of aromatic nitrogens is 2. The monoisotopic (exact) mass is 471 g/mol. The lowest BCUT2D eigenvalue weighted by Gasteiger charge is -2.19. The summed E-state index contributed by atoms with van der Waals surface area (Å²) < 4.78 is 39.4. The van der Waals surface area contributed by atoms with Crippen LogP contribution in [-0.2, 0) is 13.0 Å². The predicted molar refractivity (Wildman–Crippen MR) is 130 cm³/mol. The minimum atomic E-state index is -0.480. The molecule has 3 rings (SSSR count). The molecular weight excluding hydrogens is 440 g/mol. The molecule has 0 saturated carbocycles. The molecule has 0 aliphatic rings. The van der Waals surface area contributed by atoms with Gasteiger partial charge in [0, 0.05) is 36.8 Å². The van der Waals surface area contributed by atoms with Gasteiger partial charge < -0.3 is 20.9 Å². The first kappa shape index (κ1) is 25.2. The molecule has 0 spiro atoms. The number of ether oxygens (including phenoxy) is 2. The van der Waals surface area contributed by atoms with Crippen molar-refractivity contribution in [2.45, 2.75) is 26.8 Å². The highest BCUT2D eigenvalue weighted by Gasteiger charge is 2.18. The van der Waals surface area contributed by atoms with Gasteiger partial charge in [-0.05, 0) is 50.2 Å². The standard InChI is InChI=1S/C25H31F2N5O2/c1-4-33-21-11-16(10-19-14-30-25(29)31-24(19)28)12-22(34-5-2)23(21)17-6-7-18(20(27)13-17)15-32(3)9-8-26/h6-7,11-14H,4-5,8-10,15H2,1-3H3,(H4,28,29,30,31). The van der Waals surface area contributed by atoms with Crippen LogP contribution in [0.25, 0.3) is 11.1 Å². The normalized spacial score (nSPS) is 11.1. The Morgan fingerprint density at radius 2 is 1.68 bits per heavy atom. The fraction of sp³-hybridized carbons (Fsp3) is 0.360. The maximum atomic E-state index is 15.0. The Labute approximate surface area is 198 Å². The summed E-state index contributed by atoms with van der Waals surface area (Å²) in [6, 6.07) is 8.78. The molecule has 7 nitrogen and oxygen atoms in total. The number of alkyl halides is 1. The third-order valence-electron chi connectivity index (χ3n) is 5.28. The highest BCUT2D eigenvalue weighted by molar-refractivity contribution is 5.78. The van der Waals surface area contributed by atoms with E-state index in [1.807, 2.05) is 32.0 Å². The molecule has 0 fully saturated rings. The van der Waals surface area contributed by atoms with E-state index in [-0.39, 0.29) is 18.3 Å². The van der Waals surface area contributed by atoms with E-state index in [0.717, 1.165) is 11.1 Å². The Hall–Kier alpha value is -3.46. The molecule has 0 aliphatic heterocycles. The highest BCUT2D eigenvalue weighted by atomic mass is 19.1. The maximum absolute atomic E-state index is 15.0. The number of nitrogens with zero attached hydrogens (tertiary/aromatic N) is 3. The zero-order valence-electron chi connectivity index (χ0n) is 19.8. The van der Waals surface area contributed by atoms with Crippen LogP contribution in [0.15, 0.2) is 36.5 Å². The molecule has 0 atom stereocenters. The number of rotatable bonds is 11. The minimum Gasteiger partial charge on any atom is -0.493 e. The molecule has 2 aromatic carbocycles. The first-order chi connectivity index (χ1) is 16.4. The second-order valence-corrected chi connectivity index (χ2v) is 7.88. The van der Waals surface area contributed by atoms with Crippen LogP contribution in [0.1, 0.15) is 30.5 Å². The second kappa shape index (κ2) is 11.6. The molecule has 0 aliphatic carbocycles.